The van der Waals surface area contributed by atoms with E-state index in [1.165, 1.54) is 0 Å². The van der Waals surface area contributed by atoms with Crippen LogP contribution in [0.4, 0.5) is 5.82 Å². The SMILES string of the molecule is C=CCSCCNc1ccc(Cl)c(C#N)n1. The molecule has 0 aliphatic carbocycles. The maximum Gasteiger partial charge on any atom is 0.161 e. The van der Waals surface area contributed by atoms with Gasteiger partial charge in [0.1, 0.15) is 11.9 Å². The zero-order valence-corrected chi connectivity index (χ0v) is 10.3. The van der Waals surface area contributed by atoms with E-state index in [4.69, 9.17) is 16.9 Å². The summed E-state index contributed by atoms with van der Waals surface area (Å²) in [7, 11) is 0. The quantitative estimate of drug-likeness (QED) is 0.626. The molecule has 0 saturated carbocycles. The number of halogens is 1. The van der Waals surface area contributed by atoms with Crippen LogP contribution >= 0.6 is 23.4 Å². The number of hydrogen-bond acceptors (Lipinski definition) is 4. The molecule has 0 aliphatic rings. The molecule has 1 aromatic heterocycles. The Kier molecular flexibility index (Phi) is 5.76. The van der Waals surface area contributed by atoms with Crippen LogP contribution in [0.25, 0.3) is 0 Å². The highest BCUT2D eigenvalue weighted by Crippen LogP contribution is 2.15. The number of nitriles is 1. The van der Waals surface area contributed by atoms with Crippen molar-refractivity contribution in [2.75, 3.05) is 23.4 Å². The van der Waals surface area contributed by atoms with E-state index in [9.17, 15) is 0 Å². The van der Waals surface area contributed by atoms with Crippen LogP contribution in [-0.2, 0) is 0 Å². The lowest BCUT2D eigenvalue weighted by Crippen LogP contribution is -2.06. The molecule has 0 aromatic carbocycles. The van der Waals surface area contributed by atoms with Crippen LogP contribution in [0.5, 0.6) is 0 Å². The van der Waals surface area contributed by atoms with Crippen LogP contribution < -0.4 is 5.32 Å². The number of hydrogen-bond donors (Lipinski definition) is 1. The van der Waals surface area contributed by atoms with E-state index in [-0.39, 0.29) is 5.69 Å². The van der Waals surface area contributed by atoms with Crippen LogP contribution in [0, 0.1) is 11.3 Å². The van der Waals surface area contributed by atoms with E-state index < -0.39 is 0 Å². The summed E-state index contributed by atoms with van der Waals surface area (Å²) in [5.41, 5.74) is 0.255. The zero-order valence-electron chi connectivity index (χ0n) is 8.74. The molecule has 0 unspecified atom stereocenters. The van der Waals surface area contributed by atoms with Gasteiger partial charge in [-0.1, -0.05) is 17.7 Å². The number of pyridine rings is 1. The number of nitrogens with one attached hydrogen (secondary N) is 1. The van der Waals surface area contributed by atoms with Gasteiger partial charge in [-0.05, 0) is 12.1 Å². The maximum atomic E-state index is 8.74. The Morgan fingerprint density at radius 3 is 3.12 bits per heavy atom. The second kappa shape index (κ2) is 7.15. The normalized spacial score (nSPS) is 9.50. The summed E-state index contributed by atoms with van der Waals surface area (Å²) < 4.78 is 0. The number of thioether (sulfide) groups is 1. The predicted molar refractivity (Wildman–Crippen MR) is 70.0 cm³/mol. The molecule has 3 nitrogen and oxygen atoms in total. The van der Waals surface area contributed by atoms with Gasteiger partial charge in [-0.25, -0.2) is 4.98 Å². The molecule has 0 fully saturated rings. The van der Waals surface area contributed by atoms with Gasteiger partial charge in [-0.3, -0.25) is 0 Å². The van der Waals surface area contributed by atoms with E-state index in [0.29, 0.717) is 10.8 Å². The van der Waals surface area contributed by atoms with E-state index in [1.54, 1.807) is 23.9 Å². The fraction of sp³-hybridized carbons (Fsp3) is 0.273. The van der Waals surface area contributed by atoms with Gasteiger partial charge in [0.25, 0.3) is 0 Å². The lowest BCUT2D eigenvalue weighted by atomic mass is 10.3. The Labute approximate surface area is 105 Å². The fourth-order valence-electron chi connectivity index (χ4n) is 1.04. The molecule has 84 valence electrons. The lowest BCUT2D eigenvalue weighted by Gasteiger charge is -2.05. The summed E-state index contributed by atoms with van der Waals surface area (Å²) in [5.74, 6) is 2.59. The van der Waals surface area contributed by atoms with Gasteiger partial charge in [0.05, 0.1) is 5.02 Å². The molecular weight excluding hydrogens is 242 g/mol. The van der Waals surface area contributed by atoms with Crippen molar-refractivity contribution in [1.82, 2.24) is 4.98 Å². The van der Waals surface area contributed by atoms with Crippen molar-refractivity contribution in [3.05, 3.63) is 35.5 Å². The predicted octanol–water partition coefficient (Wildman–Crippen LogP) is 2.94. The summed E-state index contributed by atoms with van der Waals surface area (Å²) in [5, 5.41) is 12.3. The summed E-state index contributed by atoms with van der Waals surface area (Å²) in [6.07, 6.45) is 1.87. The van der Waals surface area contributed by atoms with Crippen LogP contribution in [-0.4, -0.2) is 23.0 Å². The average molecular weight is 254 g/mol. The van der Waals surface area contributed by atoms with Crippen molar-refractivity contribution in [1.29, 1.82) is 5.26 Å². The highest BCUT2D eigenvalue weighted by atomic mass is 35.5. The van der Waals surface area contributed by atoms with Crippen molar-refractivity contribution in [3.63, 3.8) is 0 Å². The fourth-order valence-corrected chi connectivity index (χ4v) is 1.76. The molecule has 1 rings (SSSR count). The van der Waals surface area contributed by atoms with Crippen molar-refractivity contribution < 1.29 is 0 Å². The summed E-state index contributed by atoms with van der Waals surface area (Å²) >= 11 is 7.56. The Bertz CT molecular complexity index is 401. The molecule has 1 aromatic rings. The van der Waals surface area contributed by atoms with E-state index in [2.05, 4.69) is 16.9 Å². The molecule has 1 heterocycles. The molecule has 0 amide bonds. The zero-order chi connectivity index (χ0) is 11.8. The van der Waals surface area contributed by atoms with Gasteiger partial charge < -0.3 is 5.32 Å². The highest BCUT2D eigenvalue weighted by molar-refractivity contribution is 7.99. The first-order valence-electron chi connectivity index (χ1n) is 4.77. The standard InChI is InChI=1S/C11H12ClN3S/c1-2-6-16-7-5-14-11-4-3-9(12)10(8-13)15-11/h2-4H,1,5-7H2,(H,14,15). The third kappa shape index (κ3) is 4.13. The largest absolute Gasteiger partial charge is 0.369 e. The van der Waals surface area contributed by atoms with Crippen molar-refractivity contribution in [3.8, 4) is 6.07 Å². The number of rotatable bonds is 6. The molecule has 16 heavy (non-hydrogen) atoms. The summed E-state index contributed by atoms with van der Waals surface area (Å²) in [6.45, 7) is 4.45. The van der Waals surface area contributed by atoms with Gasteiger partial charge in [0, 0.05) is 18.1 Å². The first-order chi connectivity index (χ1) is 7.77. The van der Waals surface area contributed by atoms with E-state index in [0.717, 1.165) is 18.1 Å². The summed E-state index contributed by atoms with van der Waals surface area (Å²) in [6, 6.07) is 5.38. The smallest absolute Gasteiger partial charge is 0.161 e. The monoisotopic (exact) mass is 253 g/mol. The second-order valence-corrected chi connectivity index (χ2v) is 4.49. The molecule has 5 heteroatoms. The average Bonchev–Trinajstić information content (AvgIpc) is 2.31. The third-order valence-electron chi connectivity index (χ3n) is 1.74. The molecule has 0 saturated heterocycles. The van der Waals surface area contributed by atoms with Crippen LogP contribution in [0.3, 0.4) is 0 Å². The molecule has 0 atom stereocenters. The number of anilines is 1. The molecule has 0 bridgehead atoms. The third-order valence-corrected chi connectivity index (χ3v) is 3.01. The Hall–Kier alpha value is -1.18. The first-order valence-corrected chi connectivity index (χ1v) is 6.30. The van der Waals surface area contributed by atoms with E-state index >= 15 is 0 Å². The lowest BCUT2D eigenvalue weighted by molar-refractivity contribution is 1.16. The van der Waals surface area contributed by atoms with Gasteiger partial charge in [0.15, 0.2) is 5.69 Å². The minimum absolute atomic E-state index is 0.255. The van der Waals surface area contributed by atoms with Gasteiger partial charge >= 0.3 is 0 Å². The highest BCUT2D eigenvalue weighted by Gasteiger charge is 2.01. The minimum Gasteiger partial charge on any atom is -0.369 e. The van der Waals surface area contributed by atoms with Gasteiger partial charge in [-0.15, -0.1) is 6.58 Å². The number of nitrogens with zero attached hydrogens (tertiary/aromatic N) is 2. The Balaban J connectivity index is 2.43. The summed E-state index contributed by atoms with van der Waals surface area (Å²) in [4.78, 5) is 4.07. The minimum atomic E-state index is 0.255. The molecule has 0 radical (unpaired) electrons. The molecule has 0 aliphatic heterocycles. The van der Waals surface area contributed by atoms with Gasteiger partial charge in [-0.2, -0.15) is 17.0 Å². The van der Waals surface area contributed by atoms with Crippen LogP contribution in [0.15, 0.2) is 24.8 Å². The van der Waals surface area contributed by atoms with E-state index in [1.807, 2.05) is 12.1 Å². The van der Waals surface area contributed by atoms with Crippen molar-refractivity contribution >= 4 is 29.2 Å². The van der Waals surface area contributed by atoms with Crippen LogP contribution in [0.1, 0.15) is 5.69 Å². The topological polar surface area (TPSA) is 48.7 Å². The molecular formula is C11H12ClN3S. The Morgan fingerprint density at radius 2 is 2.44 bits per heavy atom. The maximum absolute atomic E-state index is 8.74. The van der Waals surface area contributed by atoms with Crippen molar-refractivity contribution in [2.45, 2.75) is 0 Å². The van der Waals surface area contributed by atoms with Crippen LogP contribution in [0.2, 0.25) is 5.02 Å². The Morgan fingerprint density at radius 1 is 1.62 bits per heavy atom. The number of aromatic nitrogens is 1. The van der Waals surface area contributed by atoms with Crippen molar-refractivity contribution in [2.24, 2.45) is 0 Å². The second-order valence-electron chi connectivity index (χ2n) is 2.93. The van der Waals surface area contributed by atoms with Gasteiger partial charge in [0.2, 0.25) is 0 Å². The molecule has 0 spiro atoms. The molecule has 1 N–H and O–H groups in total. The first kappa shape index (κ1) is 12.9.